The van der Waals surface area contributed by atoms with Crippen LogP contribution in [-0.2, 0) is 15.6 Å². The molecule has 1 atom stereocenters. The van der Waals surface area contributed by atoms with Crippen LogP contribution in [-0.4, -0.2) is 4.89 Å². The van der Waals surface area contributed by atoms with Gasteiger partial charge in [-0.25, -0.2) is 0 Å². The van der Waals surface area contributed by atoms with E-state index in [1.807, 2.05) is 12.1 Å². The molecule has 0 saturated heterocycles. The van der Waals surface area contributed by atoms with Gasteiger partial charge in [-0.05, 0) is 33.0 Å². The van der Waals surface area contributed by atoms with Gasteiger partial charge < -0.3 is 0 Å². The Morgan fingerprint density at radius 2 is 1.89 bits per heavy atom. The number of alkyl halides is 3. The Bertz CT molecular complexity index is 661. The standard InChI is InChI=1S/C12H7Br2F2O2P/c13-6-7-1-2-8-5-11(14)10(4-9(8)3-7)12(15,16)19(17)18/h1-5H,6H2/p+1. The van der Waals surface area contributed by atoms with Gasteiger partial charge in [-0.2, -0.15) is 4.89 Å². The summed E-state index contributed by atoms with van der Waals surface area (Å²) in [6, 6.07) is 8.23. The first-order valence-corrected chi connectivity index (χ1v) is 8.31. The molecule has 2 rings (SSSR count). The maximum absolute atomic E-state index is 13.7. The van der Waals surface area contributed by atoms with E-state index in [1.165, 1.54) is 12.1 Å². The Hall–Kier alpha value is -0.420. The van der Waals surface area contributed by atoms with Gasteiger partial charge in [0.25, 0.3) is 0 Å². The fourth-order valence-corrected chi connectivity index (χ4v) is 3.24. The smallest absolute Gasteiger partial charge is 0.156 e. The molecule has 100 valence electrons. The summed E-state index contributed by atoms with van der Waals surface area (Å²) in [4.78, 5) is 8.76. The Morgan fingerprint density at radius 3 is 2.47 bits per heavy atom. The molecular formula is C12H8Br2F2O2P+. The summed E-state index contributed by atoms with van der Waals surface area (Å²) < 4.78 is 38.3. The van der Waals surface area contributed by atoms with Gasteiger partial charge in [0.2, 0.25) is 0 Å². The summed E-state index contributed by atoms with van der Waals surface area (Å²) in [6.07, 6.45) is 0. The van der Waals surface area contributed by atoms with E-state index in [2.05, 4.69) is 31.9 Å². The highest BCUT2D eigenvalue weighted by Crippen LogP contribution is 2.50. The van der Waals surface area contributed by atoms with Crippen molar-refractivity contribution in [1.82, 2.24) is 0 Å². The zero-order valence-corrected chi connectivity index (χ0v) is 13.5. The summed E-state index contributed by atoms with van der Waals surface area (Å²) in [5.41, 5.74) is -3.31. The third-order valence-corrected chi connectivity index (χ3v) is 4.73. The van der Waals surface area contributed by atoms with Crippen molar-refractivity contribution in [2.45, 2.75) is 11.0 Å². The van der Waals surface area contributed by atoms with Crippen molar-refractivity contribution < 1.29 is 18.2 Å². The Balaban J connectivity index is 2.69. The number of fused-ring (bicyclic) bond motifs is 1. The second-order valence-corrected chi connectivity index (χ2v) is 6.48. The predicted molar refractivity (Wildman–Crippen MR) is 78.0 cm³/mol. The third-order valence-electron chi connectivity index (χ3n) is 2.71. The van der Waals surface area contributed by atoms with Crippen molar-refractivity contribution in [1.29, 1.82) is 0 Å². The monoisotopic (exact) mass is 411 g/mol. The Morgan fingerprint density at radius 1 is 1.21 bits per heavy atom. The number of hydrogen-bond donors (Lipinski definition) is 1. The first-order valence-electron chi connectivity index (χ1n) is 5.19. The number of hydrogen-bond acceptors (Lipinski definition) is 1. The number of rotatable bonds is 3. The third kappa shape index (κ3) is 2.87. The Kier molecular flexibility index (Phi) is 4.35. The molecule has 0 radical (unpaired) electrons. The molecule has 0 amide bonds. The van der Waals surface area contributed by atoms with Gasteiger partial charge in [0.1, 0.15) is 0 Å². The molecule has 0 aliphatic heterocycles. The summed E-state index contributed by atoms with van der Waals surface area (Å²) in [5, 5.41) is 2.00. The van der Waals surface area contributed by atoms with Crippen LogP contribution in [0.1, 0.15) is 11.1 Å². The zero-order valence-electron chi connectivity index (χ0n) is 9.41. The van der Waals surface area contributed by atoms with E-state index in [9.17, 15) is 13.3 Å². The molecule has 7 heteroatoms. The second-order valence-electron chi connectivity index (χ2n) is 3.96. The first kappa shape index (κ1) is 15.0. The minimum absolute atomic E-state index is 0.119. The van der Waals surface area contributed by atoms with Crippen LogP contribution in [0.4, 0.5) is 8.78 Å². The molecule has 0 fully saturated rings. The van der Waals surface area contributed by atoms with Gasteiger partial charge >= 0.3 is 13.7 Å². The zero-order chi connectivity index (χ0) is 14.2. The molecule has 0 aliphatic rings. The van der Waals surface area contributed by atoms with Crippen LogP contribution in [0, 0.1) is 0 Å². The highest BCUT2D eigenvalue weighted by atomic mass is 79.9. The normalized spacial score (nSPS) is 12.8. The van der Waals surface area contributed by atoms with Crippen LogP contribution >= 0.6 is 39.9 Å². The molecule has 0 saturated carbocycles. The second kappa shape index (κ2) is 5.52. The minimum Gasteiger partial charge on any atom is -0.156 e. The quantitative estimate of drug-likeness (QED) is 0.550. The number of halogens is 4. The van der Waals surface area contributed by atoms with Gasteiger partial charge in [0, 0.05) is 9.80 Å². The molecule has 2 nitrogen and oxygen atoms in total. The largest absolute Gasteiger partial charge is 0.589 e. The van der Waals surface area contributed by atoms with E-state index >= 15 is 0 Å². The topological polar surface area (TPSA) is 37.3 Å². The molecule has 0 spiro atoms. The maximum atomic E-state index is 13.7. The lowest BCUT2D eigenvalue weighted by molar-refractivity contribution is 0.0808. The van der Waals surface area contributed by atoms with E-state index in [0.717, 1.165) is 10.9 Å². The average molecular weight is 413 g/mol. The van der Waals surface area contributed by atoms with Crippen molar-refractivity contribution in [2.75, 3.05) is 0 Å². The van der Waals surface area contributed by atoms with Crippen LogP contribution in [0.15, 0.2) is 34.8 Å². The van der Waals surface area contributed by atoms with Gasteiger partial charge in [0.15, 0.2) is 0 Å². The van der Waals surface area contributed by atoms with Gasteiger partial charge in [0.05, 0.1) is 5.56 Å². The molecule has 1 unspecified atom stereocenters. The van der Waals surface area contributed by atoms with Crippen molar-refractivity contribution in [3.63, 3.8) is 0 Å². The van der Waals surface area contributed by atoms with Crippen molar-refractivity contribution >= 4 is 50.7 Å². The van der Waals surface area contributed by atoms with E-state index in [-0.39, 0.29) is 4.47 Å². The van der Waals surface area contributed by atoms with Gasteiger partial charge in [-0.1, -0.05) is 50.1 Å². The minimum atomic E-state index is -3.77. The summed E-state index contributed by atoms with van der Waals surface area (Å²) in [7, 11) is -3.63. The van der Waals surface area contributed by atoms with E-state index in [4.69, 9.17) is 4.89 Å². The average Bonchev–Trinajstić information content (AvgIpc) is 2.37. The van der Waals surface area contributed by atoms with Gasteiger partial charge in [-0.15, -0.1) is 8.78 Å². The number of benzene rings is 2. The summed E-state index contributed by atoms with van der Waals surface area (Å²) in [5.74, 6) is 0. The highest BCUT2D eigenvalue weighted by Gasteiger charge is 2.54. The van der Waals surface area contributed by atoms with Crippen molar-refractivity contribution in [3.8, 4) is 0 Å². The molecule has 0 heterocycles. The molecule has 0 aromatic heterocycles. The van der Waals surface area contributed by atoms with Crippen LogP contribution in [0.5, 0.6) is 0 Å². The van der Waals surface area contributed by atoms with Crippen LogP contribution in [0.3, 0.4) is 0 Å². The summed E-state index contributed by atoms with van der Waals surface area (Å²) >= 11 is 6.32. The van der Waals surface area contributed by atoms with Crippen LogP contribution in [0.25, 0.3) is 10.8 Å². The van der Waals surface area contributed by atoms with Crippen molar-refractivity contribution in [3.05, 3.63) is 45.9 Å². The van der Waals surface area contributed by atoms with E-state index < -0.39 is 19.3 Å². The van der Waals surface area contributed by atoms with Crippen LogP contribution < -0.4 is 0 Å². The summed E-state index contributed by atoms with van der Waals surface area (Å²) in [6.45, 7) is 0. The fourth-order valence-electron chi connectivity index (χ4n) is 1.74. The SMILES string of the molecule is O=[P+](O)C(F)(F)c1cc2cc(CBr)ccc2cc1Br. The fraction of sp³-hybridized carbons (Fsp3) is 0.167. The van der Waals surface area contributed by atoms with E-state index in [1.54, 1.807) is 6.07 Å². The Labute approximate surface area is 125 Å². The van der Waals surface area contributed by atoms with E-state index in [0.29, 0.717) is 10.7 Å². The van der Waals surface area contributed by atoms with Gasteiger partial charge in [-0.3, -0.25) is 0 Å². The lowest BCUT2D eigenvalue weighted by Crippen LogP contribution is -2.08. The highest BCUT2D eigenvalue weighted by molar-refractivity contribution is 9.10. The molecule has 1 N–H and O–H groups in total. The molecule has 19 heavy (non-hydrogen) atoms. The predicted octanol–water partition coefficient (Wildman–Crippen LogP) is 5.28. The molecule has 0 aliphatic carbocycles. The lowest BCUT2D eigenvalue weighted by Gasteiger charge is -2.09. The molecule has 2 aromatic rings. The lowest BCUT2D eigenvalue weighted by atomic mass is 10.0. The molecular weight excluding hydrogens is 405 g/mol. The first-order chi connectivity index (χ1) is 8.86. The molecule has 2 aromatic carbocycles. The maximum Gasteiger partial charge on any atom is 0.589 e. The van der Waals surface area contributed by atoms with Crippen LogP contribution in [0.2, 0.25) is 0 Å². The molecule has 0 bridgehead atoms. The van der Waals surface area contributed by atoms with Crippen molar-refractivity contribution in [2.24, 2.45) is 0 Å².